The Morgan fingerprint density at radius 1 is 1.08 bits per heavy atom. The molecule has 0 fully saturated rings. The molecule has 0 amide bonds. The van der Waals surface area contributed by atoms with E-state index in [9.17, 15) is 18.0 Å². The Hall–Kier alpha value is -3.16. The molecule has 0 aliphatic carbocycles. The van der Waals surface area contributed by atoms with Crippen LogP contribution < -0.4 is 0 Å². The molecular formula is C17H11F3N2O3. The fourth-order valence-corrected chi connectivity index (χ4v) is 2.38. The van der Waals surface area contributed by atoms with E-state index in [0.717, 1.165) is 6.07 Å². The van der Waals surface area contributed by atoms with E-state index in [2.05, 4.69) is 10.1 Å². The molecule has 0 aliphatic rings. The van der Waals surface area contributed by atoms with Gasteiger partial charge < -0.3 is 9.63 Å². The van der Waals surface area contributed by atoms with Gasteiger partial charge in [-0.2, -0.15) is 18.2 Å². The lowest BCUT2D eigenvalue weighted by Crippen LogP contribution is -2.08. The summed E-state index contributed by atoms with van der Waals surface area (Å²) in [7, 11) is 0. The third-order valence-corrected chi connectivity index (χ3v) is 3.55. The number of nitrogens with zero attached hydrogens (tertiary/aromatic N) is 2. The topological polar surface area (TPSA) is 76.2 Å². The first kappa shape index (κ1) is 16.7. The number of aromatic carboxylic acids is 1. The Morgan fingerprint density at radius 3 is 2.24 bits per heavy atom. The summed E-state index contributed by atoms with van der Waals surface area (Å²) in [6.07, 6.45) is -4.60. The highest BCUT2D eigenvalue weighted by Crippen LogP contribution is 2.39. The van der Waals surface area contributed by atoms with Gasteiger partial charge in [-0.05, 0) is 29.3 Å². The first-order valence-electron chi connectivity index (χ1n) is 7.11. The summed E-state index contributed by atoms with van der Waals surface area (Å²) in [4.78, 5) is 14.8. The van der Waals surface area contributed by atoms with Gasteiger partial charge in [0.25, 0.3) is 0 Å². The van der Waals surface area contributed by atoms with Crippen molar-refractivity contribution in [1.29, 1.82) is 0 Å². The van der Waals surface area contributed by atoms with Crippen LogP contribution in [0.15, 0.2) is 47.0 Å². The molecule has 3 aromatic rings. The molecule has 2 aromatic carbocycles. The second-order valence-electron chi connectivity index (χ2n) is 5.28. The van der Waals surface area contributed by atoms with Crippen LogP contribution in [0.5, 0.6) is 0 Å². The number of halogens is 3. The predicted octanol–water partition coefficient (Wildman–Crippen LogP) is 4.43. The summed E-state index contributed by atoms with van der Waals surface area (Å²) in [5.74, 6) is -0.835. The average molecular weight is 348 g/mol. The average Bonchev–Trinajstić information content (AvgIpc) is 3.00. The van der Waals surface area contributed by atoms with Crippen LogP contribution in [0.2, 0.25) is 0 Å². The molecule has 3 rings (SSSR count). The summed E-state index contributed by atoms with van der Waals surface area (Å²) in [5.41, 5.74) is -0.497. The van der Waals surface area contributed by atoms with Crippen molar-refractivity contribution in [2.45, 2.75) is 13.1 Å². The molecule has 0 unspecified atom stereocenters. The number of benzene rings is 2. The number of aryl methyl sites for hydroxylation is 1. The number of hydrogen-bond donors (Lipinski definition) is 1. The molecule has 5 nitrogen and oxygen atoms in total. The number of carboxylic acid groups (broad SMARTS) is 1. The van der Waals surface area contributed by atoms with Gasteiger partial charge in [0.2, 0.25) is 11.7 Å². The summed E-state index contributed by atoms with van der Waals surface area (Å²) in [5, 5.41) is 12.5. The predicted molar refractivity (Wildman–Crippen MR) is 81.9 cm³/mol. The summed E-state index contributed by atoms with van der Waals surface area (Å²) >= 11 is 0. The fraction of sp³-hybridized carbons (Fsp3) is 0.118. The van der Waals surface area contributed by atoms with Gasteiger partial charge in [0, 0.05) is 12.5 Å². The van der Waals surface area contributed by atoms with E-state index in [1.54, 1.807) is 6.92 Å². The van der Waals surface area contributed by atoms with E-state index >= 15 is 0 Å². The van der Waals surface area contributed by atoms with Crippen LogP contribution in [0.3, 0.4) is 0 Å². The SMILES string of the molecule is Cc1nc(-c2ccc(-c3ccc(C(=O)O)cc3)c(C(F)(F)F)c2)no1. The molecule has 25 heavy (non-hydrogen) atoms. The quantitative estimate of drug-likeness (QED) is 0.758. The zero-order valence-corrected chi connectivity index (χ0v) is 12.8. The van der Waals surface area contributed by atoms with Gasteiger partial charge in [-0.3, -0.25) is 0 Å². The Kier molecular flexibility index (Phi) is 4.03. The molecule has 1 N–H and O–H groups in total. The summed E-state index contributed by atoms with van der Waals surface area (Å²) < 4.78 is 45.2. The van der Waals surface area contributed by atoms with E-state index in [1.165, 1.54) is 36.4 Å². The summed E-state index contributed by atoms with van der Waals surface area (Å²) in [6.45, 7) is 1.54. The standard InChI is InChI=1S/C17H11F3N2O3/c1-9-21-15(22-25-9)12-6-7-13(14(8-12)17(18,19)20)10-2-4-11(5-3-10)16(23)24/h2-8H,1H3,(H,23,24). The van der Waals surface area contributed by atoms with Crippen molar-refractivity contribution in [2.24, 2.45) is 0 Å². The number of alkyl halides is 3. The lowest BCUT2D eigenvalue weighted by molar-refractivity contribution is -0.137. The fourth-order valence-electron chi connectivity index (χ4n) is 2.38. The Morgan fingerprint density at radius 2 is 1.72 bits per heavy atom. The van der Waals surface area contributed by atoms with Crippen LogP contribution in [0, 0.1) is 6.92 Å². The summed E-state index contributed by atoms with van der Waals surface area (Å²) in [6, 6.07) is 8.91. The van der Waals surface area contributed by atoms with Gasteiger partial charge in [-0.1, -0.05) is 29.4 Å². The van der Waals surface area contributed by atoms with Gasteiger partial charge in [0.15, 0.2) is 0 Å². The molecule has 0 saturated carbocycles. The zero-order chi connectivity index (χ0) is 18.2. The van der Waals surface area contributed by atoms with Gasteiger partial charge >= 0.3 is 12.1 Å². The minimum atomic E-state index is -4.60. The normalized spacial score (nSPS) is 11.5. The third kappa shape index (κ3) is 3.37. The minimum Gasteiger partial charge on any atom is -0.478 e. The molecule has 0 spiro atoms. The lowest BCUT2D eigenvalue weighted by atomic mass is 9.96. The van der Waals surface area contributed by atoms with Crippen LogP contribution >= 0.6 is 0 Å². The van der Waals surface area contributed by atoms with E-state index in [4.69, 9.17) is 9.63 Å². The molecule has 0 atom stereocenters. The number of carbonyl (C=O) groups is 1. The monoisotopic (exact) mass is 348 g/mol. The molecule has 1 heterocycles. The highest BCUT2D eigenvalue weighted by Gasteiger charge is 2.34. The van der Waals surface area contributed by atoms with Crippen molar-refractivity contribution in [3.63, 3.8) is 0 Å². The maximum atomic E-state index is 13.5. The van der Waals surface area contributed by atoms with Crippen molar-refractivity contribution < 1.29 is 27.6 Å². The Bertz CT molecular complexity index is 931. The van der Waals surface area contributed by atoms with E-state index in [0.29, 0.717) is 0 Å². The maximum Gasteiger partial charge on any atom is 0.417 e. The van der Waals surface area contributed by atoms with Gasteiger partial charge in [-0.15, -0.1) is 0 Å². The Balaban J connectivity index is 2.11. The van der Waals surface area contributed by atoms with Crippen molar-refractivity contribution in [1.82, 2.24) is 10.1 Å². The van der Waals surface area contributed by atoms with Crippen molar-refractivity contribution in [3.8, 4) is 22.5 Å². The van der Waals surface area contributed by atoms with Crippen molar-refractivity contribution in [3.05, 3.63) is 59.5 Å². The minimum absolute atomic E-state index is 0.00352. The third-order valence-electron chi connectivity index (χ3n) is 3.55. The number of hydrogen-bond acceptors (Lipinski definition) is 4. The van der Waals surface area contributed by atoms with Gasteiger partial charge in [0.1, 0.15) is 0 Å². The second-order valence-corrected chi connectivity index (χ2v) is 5.28. The number of aromatic nitrogens is 2. The number of carboxylic acids is 1. The van der Waals surface area contributed by atoms with Crippen molar-refractivity contribution >= 4 is 5.97 Å². The van der Waals surface area contributed by atoms with Crippen LogP contribution in [0.4, 0.5) is 13.2 Å². The first-order valence-corrected chi connectivity index (χ1v) is 7.11. The highest BCUT2D eigenvalue weighted by molar-refractivity contribution is 5.88. The second kappa shape index (κ2) is 6.04. The van der Waals surface area contributed by atoms with E-state index in [1.807, 2.05) is 0 Å². The molecule has 0 saturated heterocycles. The van der Waals surface area contributed by atoms with E-state index in [-0.39, 0.29) is 34.0 Å². The lowest BCUT2D eigenvalue weighted by Gasteiger charge is -2.14. The van der Waals surface area contributed by atoms with Crippen LogP contribution in [0.1, 0.15) is 21.8 Å². The highest BCUT2D eigenvalue weighted by atomic mass is 19.4. The molecule has 128 valence electrons. The number of rotatable bonds is 3. The molecule has 8 heteroatoms. The van der Waals surface area contributed by atoms with Crippen LogP contribution in [0.25, 0.3) is 22.5 Å². The zero-order valence-electron chi connectivity index (χ0n) is 12.8. The molecular weight excluding hydrogens is 337 g/mol. The van der Waals surface area contributed by atoms with Crippen molar-refractivity contribution in [2.75, 3.05) is 0 Å². The molecule has 0 radical (unpaired) electrons. The smallest absolute Gasteiger partial charge is 0.417 e. The molecule has 1 aromatic heterocycles. The Labute approximate surface area is 139 Å². The molecule has 0 aliphatic heterocycles. The van der Waals surface area contributed by atoms with Gasteiger partial charge in [-0.25, -0.2) is 4.79 Å². The molecule has 0 bridgehead atoms. The van der Waals surface area contributed by atoms with Crippen LogP contribution in [-0.2, 0) is 6.18 Å². The van der Waals surface area contributed by atoms with Crippen LogP contribution in [-0.4, -0.2) is 21.2 Å². The first-order chi connectivity index (χ1) is 11.8. The van der Waals surface area contributed by atoms with E-state index < -0.39 is 17.7 Å². The van der Waals surface area contributed by atoms with Gasteiger partial charge in [0.05, 0.1) is 11.1 Å². The maximum absolute atomic E-state index is 13.5. The largest absolute Gasteiger partial charge is 0.478 e.